The molecule has 1 aliphatic rings. The van der Waals surface area contributed by atoms with Crippen LogP contribution in [0.3, 0.4) is 0 Å². The number of thiophene rings is 1. The molecule has 7 heteroatoms. The minimum atomic E-state index is -0.0406. The highest BCUT2D eigenvalue weighted by molar-refractivity contribution is 7.08. The van der Waals surface area contributed by atoms with Crippen LogP contribution in [0.15, 0.2) is 23.2 Å². The van der Waals surface area contributed by atoms with Crippen molar-refractivity contribution >= 4 is 23.1 Å². The Kier molecular flexibility index (Phi) is 3.94. The lowest BCUT2D eigenvalue weighted by molar-refractivity contribution is 0.112. The van der Waals surface area contributed by atoms with Crippen molar-refractivity contribution in [2.24, 2.45) is 0 Å². The molecule has 0 saturated carbocycles. The van der Waals surface area contributed by atoms with Gasteiger partial charge in [-0.1, -0.05) is 0 Å². The number of nitrogens with one attached hydrogen (secondary N) is 2. The summed E-state index contributed by atoms with van der Waals surface area (Å²) in [7, 11) is 2.06. The number of carbonyl (C=O) groups is 1. The van der Waals surface area contributed by atoms with E-state index in [2.05, 4.69) is 27.2 Å². The maximum Gasteiger partial charge on any atom is 0.321 e. The summed E-state index contributed by atoms with van der Waals surface area (Å²) in [4.78, 5) is 23.9. The maximum absolute atomic E-state index is 12.4. The number of imidazole rings is 1. The highest BCUT2D eigenvalue weighted by Crippen LogP contribution is 2.23. The molecular weight excluding hydrogens is 286 g/mol. The molecule has 1 aliphatic heterocycles. The smallest absolute Gasteiger partial charge is 0.321 e. The number of amides is 2. The number of likely N-dealkylation sites (N-methyl/N-ethyl adjacent to an activating group) is 1. The van der Waals surface area contributed by atoms with E-state index in [1.165, 1.54) is 0 Å². The van der Waals surface area contributed by atoms with Gasteiger partial charge in [0.25, 0.3) is 0 Å². The summed E-state index contributed by atoms with van der Waals surface area (Å²) >= 11 is 1.60. The molecule has 0 unspecified atom stereocenters. The summed E-state index contributed by atoms with van der Waals surface area (Å²) in [6.07, 6.45) is 3.56. The third kappa shape index (κ3) is 2.93. The van der Waals surface area contributed by atoms with Gasteiger partial charge >= 0.3 is 6.03 Å². The second-order valence-corrected chi connectivity index (χ2v) is 6.06. The van der Waals surface area contributed by atoms with E-state index in [-0.39, 0.29) is 12.1 Å². The fourth-order valence-electron chi connectivity index (χ4n) is 2.50. The summed E-state index contributed by atoms with van der Waals surface area (Å²) in [6.45, 7) is 4.20. The number of piperazine rings is 1. The molecule has 3 heterocycles. The minimum Gasteiger partial charge on any atom is -0.347 e. The molecule has 0 spiro atoms. The third-order valence-corrected chi connectivity index (χ3v) is 4.73. The Morgan fingerprint density at radius 1 is 1.48 bits per heavy atom. The lowest BCUT2D eigenvalue weighted by Crippen LogP contribution is -2.50. The van der Waals surface area contributed by atoms with Crippen LogP contribution in [0.4, 0.5) is 10.5 Å². The van der Waals surface area contributed by atoms with E-state index in [1.54, 1.807) is 17.5 Å². The van der Waals surface area contributed by atoms with Gasteiger partial charge in [0.05, 0.1) is 11.7 Å². The fourth-order valence-corrected chi connectivity index (χ4v) is 3.28. The van der Waals surface area contributed by atoms with Gasteiger partial charge in [0.15, 0.2) is 0 Å². The Morgan fingerprint density at radius 2 is 2.33 bits per heavy atom. The number of H-pyrrole nitrogens is 1. The van der Waals surface area contributed by atoms with Gasteiger partial charge < -0.3 is 15.2 Å². The number of hydrogen-bond donors (Lipinski definition) is 2. The number of anilines is 1. The van der Waals surface area contributed by atoms with Crippen LogP contribution in [0.2, 0.25) is 0 Å². The number of aromatic amines is 1. The predicted molar refractivity (Wildman–Crippen MR) is 83.6 cm³/mol. The molecule has 1 fully saturated rings. The Bertz CT molecular complexity index is 609. The number of aromatic nitrogens is 2. The quantitative estimate of drug-likeness (QED) is 0.895. The first-order chi connectivity index (χ1) is 10.1. The normalized spacial score (nSPS) is 19.7. The van der Waals surface area contributed by atoms with E-state index in [9.17, 15) is 4.79 Å². The van der Waals surface area contributed by atoms with Crippen molar-refractivity contribution in [3.8, 4) is 0 Å². The number of rotatable bonds is 2. The molecule has 0 aliphatic carbocycles. The van der Waals surface area contributed by atoms with E-state index in [4.69, 9.17) is 0 Å². The molecule has 1 saturated heterocycles. The van der Waals surface area contributed by atoms with Gasteiger partial charge in [-0.3, -0.25) is 4.90 Å². The van der Waals surface area contributed by atoms with Gasteiger partial charge in [-0.05, 0) is 24.9 Å². The van der Waals surface area contributed by atoms with Crippen molar-refractivity contribution in [3.05, 3.63) is 34.5 Å². The van der Waals surface area contributed by atoms with Crippen molar-refractivity contribution in [2.75, 3.05) is 32.0 Å². The first-order valence-corrected chi connectivity index (χ1v) is 7.87. The van der Waals surface area contributed by atoms with Crippen LogP contribution >= 0.6 is 11.3 Å². The van der Waals surface area contributed by atoms with Crippen molar-refractivity contribution in [1.82, 2.24) is 19.8 Å². The van der Waals surface area contributed by atoms with Crippen molar-refractivity contribution in [3.63, 3.8) is 0 Å². The summed E-state index contributed by atoms with van der Waals surface area (Å²) in [5.74, 6) is 0.904. The second-order valence-electron chi connectivity index (χ2n) is 5.32. The number of carbonyl (C=O) groups excluding carboxylic acids is 1. The van der Waals surface area contributed by atoms with Crippen molar-refractivity contribution in [1.29, 1.82) is 0 Å². The molecule has 112 valence electrons. The van der Waals surface area contributed by atoms with Crippen molar-refractivity contribution < 1.29 is 4.79 Å². The summed E-state index contributed by atoms with van der Waals surface area (Å²) in [5.41, 5.74) is 2.00. The first-order valence-electron chi connectivity index (χ1n) is 6.93. The number of hydrogen-bond acceptors (Lipinski definition) is 4. The van der Waals surface area contributed by atoms with Crippen LogP contribution in [0.5, 0.6) is 0 Å². The van der Waals surface area contributed by atoms with E-state index in [0.29, 0.717) is 6.54 Å². The number of urea groups is 1. The first kappa shape index (κ1) is 14.1. The molecule has 2 N–H and O–H groups in total. The molecule has 0 radical (unpaired) electrons. The summed E-state index contributed by atoms with van der Waals surface area (Å²) in [6, 6.07) is 0.0734. The van der Waals surface area contributed by atoms with Gasteiger partial charge in [-0.2, -0.15) is 0 Å². The van der Waals surface area contributed by atoms with E-state index in [0.717, 1.165) is 30.2 Å². The topological polar surface area (TPSA) is 64.3 Å². The molecule has 2 amide bonds. The van der Waals surface area contributed by atoms with Crippen LogP contribution in [0, 0.1) is 6.92 Å². The molecule has 2 aromatic rings. The van der Waals surface area contributed by atoms with Crippen LogP contribution in [-0.2, 0) is 0 Å². The van der Waals surface area contributed by atoms with Gasteiger partial charge in [-0.15, -0.1) is 11.3 Å². The lowest BCUT2D eigenvalue weighted by atomic mass is 10.1. The van der Waals surface area contributed by atoms with E-state index < -0.39 is 0 Å². The zero-order valence-electron chi connectivity index (χ0n) is 12.2. The molecule has 0 aromatic carbocycles. The van der Waals surface area contributed by atoms with E-state index in [1.807, 2.05) is 28.8 Å². The Balaban J connectivity index is 1.68. The highest BCUT2D eigenvalue weighted by Gasteiger charge is 2.30. The van der Waals surface area contributed by atoms with Gasteiger partial charge in [0, 0.05) is 37.4 Å². The zero-order chi connectivity index (χ0) is 14.8. The van der Waals surface area contributed by atoms with Gasteiger partial charge in [0.1, 0.15) is 5.82 Å². The molecular formula is C14H19N5OS. The van der Waals surface area contributed by atoms with Crippen LogP contribution in [0.25, 0.3) is 0 Å². The molecule has 3 rings (SSSR count). The van der Waals surface area contributed by atoms with E-state index >= 15 is 0 Å². The number of nitrogens with zero attached hydrogens (tertiary/aromatic N) is 3. The van der Waals surface area contributed by atoms with Crippen LogP contribution in [0.1, 0.15) is 17.4 Å². The average Bonchev–Trinajstić information content (AvgIpc) is 3.12. The minimum absolute atomic E-state index is 0.0406. The summed E-state index contributed by atoms with van der Waals surface area (Å²) in [5, 5.41) is 6.99. The molecule has 6 nitrogen and oxygen atoms in total. The molecule has 21 heavy (non-hydrogen) atoms. The molecule has 0 bridgehead atoms. The third-order valence-electron chi connectivity index (χ3n) is 3.87. The average molecular weight is 305 g/mol. The zero-order valence-corrected chi connectivity index (χ0v) is 13.0. The lowest BCUT2D eigenvalue weighted by Gasteiger charge is -2.38. The van der Waals surface area contributed by atoms with Crippen molar-refractivity contribution in [2.45, 2.75) is 13.0 Å². The Morgan fingerprint density at radius 3 is 3.00 bits per heavy atom. The summed E-state index contributed by atoms with van der Waals surface area (Å²) < 4.78 is 0. The monoisotopic (exact) mass is 305 g/mol. The maximum atomic E-state index is 12.4. The fraction of sp³-hybridized carbons (Fsp3) is 0.429. The Labute approximate surface area is 127 Å². The van der Waals surface area contributed by atoms with Gasteiger partial charge in [0.2, 0.25) is 0 Å². The predicted octanol–water partition coefficient (Wildman–Crippen LogP) is 2.30. The Hall–Kier alpha value is -1.86. The molecule has 1 atom stereocenters. The number of aryl methyl sites for hydroxylation is 1. The van der Waals surface area contributed by atoms with Crippen LogP contribution < -0.4 is 5.32 Å². The standard InChI is InChI=1S/C14H19N5OS/c1-10-8-21-9-11(10)17-14(20)19-6-5-18(2)12(7-19)13-15-3-4-16-13/h3-4,8-9,12H,5-7H2,1-2H3,(H,15,16)(H,17,20)/t12-/m0/s1. The second kappa shape index (κ2) is 5.87. The largest absolute Gasteiger partial charge is 0.347 e. The highest BCUT2D eigenvalue weighted by atomic mass is 32.1. The molecule has 2 aromatic heterocycles. The SMILES string of the molecule is Cc1cscc1NC(=O)N1CCN(C)[C@H](c2ncc[nH]2)C1. The van der Waals surface area contributed by atoms with Crippen LogP contribution in [-0.4, -0.2) is 52.5 Å². The van der Waals surface area contributed by atoms with Gasteiger partial charge in [-0.25, -0.2) is 9.78 Å².